The third-order valence-corrected chi connectivity index (χ3v) is 4.76. The molecule has 1 heterocycles. The fourth-order valence-electron chi connectivity index (χ4n) is 2.51. The zero-order chi connectivity index (χ0) is 17.6. The topological polar surface area (TPSA) is 82.5 Å². The van der Waals surface area contributed by atoms with Gasteiger partial charge in [0.2, 0.25) is 0 Å². The predicted octanol–water partition coefficient (Wildman–Crippen LogP) is 3.33. The summed E-state index contributed by atoms with van der Waals surface area (Å²) in [7, 11) is 0. The van der Waals surface area contributed by atoms with E-state index in [2.05, 4.69) is 10.3 Å². The summed E-state index contributed by atoms with van der Waals surface area (Å²) in [6.45, 7) is 0.525. The summed E-state index contributed by atoms with van der Waals surface area (Å²) in [5.41, 5.74) is 2.92. The van der Waals surface area contributed by atoms with E-state index in [0.29, 0.717) is 6.54 Å². The van der Waals surface area contributed by atoms with Crippen LogP contribution in [0.3, 0.4) is 0 Å². The van der Waals surface area contributed by atoms with Crippen LogP contribution in [0.4, 0.5) is 0 Å². The van der Waals surface area contributed by atoms with Gasteiger partial charge >= 0.3 is 5.97 Å². The van der Waals surface area contributed by atoms with Crippen LogP contribution in [-0.2, 0) is 6.54 Å². The molecule has 0 amide bonds. The molecular formula is C19H18N2O3S. The Morgan fingerprint density at radius 3 is 2.68 bits per heavy atom. The maximum Gasteiger partial charge on any atom is 0.335 e. The second-order valence-electron chi connectivity index (χ2n) is 5.56. The number of aliphatic hydroxyl groups excluding tert-OH is 1. The molecular weight excluding hydrogens is 336 g/mol. The zero-order valence-corrected chi connectivity index (χ0v) is 14.2. The molecule has 1 atom stereocenters. The van der Waals surface area contributed by atoms with E-state index in [4.69, 9.17) is 5.11 Å². The van der Waals surface area contributed by atoms with E-state index in [1.54, 1.807) is 18.2 Å². The second-order valence-corrected chi connectivity index (χ2v) is 6.41. The lowest BCUT2D eigenvalue weighted by molar-refractivity contribution is 0.0697. The van der Waals surface area contributed by atoms with Crippen molar-refractivity contribution in [2.45, 2.75) is 12.6 Å². The first-order valence-corrected chi connectivity index (χ1v) is 8.72. The van der Waals surface area contributed by atoms with Crippen molar-refractivity contribution in [1.82, 2.24) is 10.3 Å². The number of carbonyl (C=O) groups is 1. The van der Waals surface area contributed by atoms with Crippen LogP contribution in [0.15, 0.2) is 60.0 Å². The molecule has 1 aromatic heterocycles. The van der Waals surface area contributed by atoms with Crippen LogP contribution in [0.25, 0.3) is 10.6 Å². The van der Waals surface area contributed by atoms with Crippen LogP contribution < -0.4 is 5.32 Å². The zero-order valence-electron chi connectivity index (χ0n) is 13.4. The Hall–Kier alpha value is -2.54. The summed E-state index contributed by atoms with van der Waals surface area (Å²) in [6, 6.07) is 16.4. The molecule has 3 N–H and O–H groups in total. The molecule has 6 heteroatoms. The van der Waals surface area contributed by atoms with Crippen molar-refractivity contribution < 1.29 is 15.0 Å². The molecule has 3 rings (SSSR count). The highest BCUT2D eigenvalue weighted by molar-refractivity contribution is 7.13. The summed E-state index contributed by atoms with van der Waals surface area (Å²) in [4.78, 5) is 15.6. The van der Waals surface area contributed by atoms with Crippen LogP contribution in [0.1, 0.15) is 27.7 Å². The van der Waals surface area contributed by atoms with Gasteiger partial charge in [-0.05, 0) is 17.7 Å². The fraction of sp³-hybridized carbons (Fsp3) is 0.158. The first-order valence-electron chi connectivity index (χ1n) is 7.84. The second kappa shape index (κ2) is 8.02. The Labute approximate surface area is 149 Å². The number of nitrogens with zero attached hydrogens (tertiary/aromatic N) is 1. The largest absolute Gasteiger partial charge is 0.478 e. The highest BCUT2D eigenvalue weighted by atomic mass is 32.1. The number of aromatic nitrogens is 1. The Morgan fingerprint density at radius 2 is 1.96 bits per heavy atom. The lowest BCUT2D eigenvalue weighted by atomic mass is 10.1. The number of carboxylic acids is 1. The van der Waals surface area contributed by atoms with E-state index < -0.39 is 5.97 Å². The Morgan fingerprint density at radius 1 is 1.16 bits per heavy atom. The number of hydrogen-bond donors (Lipinski definition) is 3. The van der Waals surface area contributed by atoms with Gasteiger partial charge in [-0.3, -0.25) is 0 Å². The van der Waals surface area contributed by atoms with Gasteiger partial charge in [0.25, 0.3) is 0 Å². The number of carboxylic acid groups (broad SMARTS) is 1. The average Bonchev–Trinajstić information content (AvgIpc) is 3.12. The number of aromatic carboxylic acids is 1. The molecule has 0 fully saturated rings. The van der Waals surface area contributed by atoms with Gasteiger partial charge in [0.1, 0.15) is 5.01 Å². The molecule has 0 saturated carbocycles. The van der Waals surface area contributed by atoms with Crippen LogP contribution >= 0.6 is 11.3 Å². The SMILES string of the molecule is O=C(O)c1cccc(-c2nc(CN[C@@H](CO)c3ccccc3)cs2)c1. The van der Waals surface area contributed by atoms with Crippen molar-refractivity contribution in [3.8, 4) is 10.6 Å². The first-order chi connectivity index (χ1) is 12.2. The third-order valence-electron chi connectivity index (χ3n) is 3.82. The summed E-state index contributed by atoms with van der Waals surface area (Å²) in [6.07, 6.45) is 0. The van der Waals surface area contributed by atoms with Crippen molar-refractivity contribution in [3.63, 3.8) is 0 Å². The molecule has 5 nitrogen and oxygen atoms in total. The third kappa shape index (κ3) is 4.30. The van der Waals surface area contributed by atoms with Gasteiger partial charge in [-0.2, -0.15) is 0 Å². The Balaban J connectivity index is 1.69. The van der Waals surface area contributed by atoms with Gasteiger partial charge in [0, 0.05) is 17.5 Å². The number of thiazole rings is 1. The fourth-order valence-corrected chi connectivity index (χ4v) is 3.32. The van der Waals surface area contributed by atoms with Crippen LogP contribution in [0.2, 0.25) is 0 Å². The molecule has 0 aliphatic heterocycles. The van der Waals surface area contributed by atoms with Gasteiger partial charge in [-0.1, -0.05) is 42.5 Å². The minimum absolute atomic E-state index is 0.00165. The van der Waals surface area contributed by atoms with Crippen molar-refractivity contribution >= 4 is 17.3 Å². The standard InChI is InChI=1S/C19H18N2O3S/c22-11-17(13-5-2-1-3-6-13)20-10-16-12-25-18(21-16)14-7-4-8-15(9-14)19(23)24/h1-9,12,17,20,22H,10-11H2,(H,23,24)/t17-/m0/s1. The van der Waals surface area contributed by atoms with Gasteiger partial charge in [0.15, 0.2) is 0 Å². The molecule has 0 unspecified atom stereocenters. The summed E-state index contributed by atoms with van der Waals surface area (Å²) in [5, 5.41) is 24.7. The van der Waals surface area contributed by atoms with Gasteiger partial charge in [-0.25, -0.2) is 9.78 Å². The Bertz CT molecular complexity index is 849. The number of aliphatic hydroxyl groups is 1. The van der Waals surface area contributed by atoms with Crippen LogP contribution in [-0.4, -0.2) is 27.8 Å². The van der Waals surface area contributed by atoms with Crippen molar-refractivity contribution in [2.24, 2.45) is 0 Å². The predicted molar refractivity (Wildman–Crippen MR) is 97.6 cm³/mol. The molecule has 0 aliphatic rings. The monoisotopic (exact) mass is 354 g/mol. The summed E-state index contributed by atoms with van der Waals surface area (Å²) in [5.74, 6) is -0.950. The van der Waals surface area contributed by atoms with E-state index in [1.807, 2.05) is 41.8 Å². The van der Waals surface area contributed by atoms with Crippen LogP contribution in [0.5, 0.6) is 0 Å². The van der Waals surface area contributed by atoms with Crippen LogP contribution in [0, 0.1) is 0 Å². The lowest BCUT2D eigenvalue weighted by Crippen LogP contribution is -2.24. The van der Waals surface area contributed by atoms with E-state index in [-0.39, 0.29) is 18.2 Å². The highest BCUT2D eigenvalue weighted by Crippen LogP contribution is 2.25. The molecule has 0 saturated heterocycles. The minimum Gasteiger partial charge on any atom is -0.478 e. The smallest absolute Gasteiger partial charge is 0.335 e. The highest BCUT2D eigenvalue weighted by Gasteiger charge is 2.12. The molecule has 25 heavy (non-hydrogen) atoms. The minimum atomic E-state index is -0.950. The van der Waals surface area contributed by atoms with E-state index in [1.165, 1.54) is 11.3 Å². The van der Waals surface area contributed by atoms with E-state index in [0.717, 1.165) is 21.8 Å². The van der Waals surface area contributed by atoms with E-state index >= 15 is 0 Å². The molecule has 128 valence electrons. The van der Waals surface area contributed by atoms with Gasteiger partial charge < -0.3 is 15.5 Å². The number of benzene rings is 2. The van der Waals surface area contributed by atoms with E-state index in [9.17, 15) is 9.90 Å². The summed E-state index contributed by atoms with van der Waals surface area (Å²) < 4.78 is 0. The van der Waals surface area contributed by atoms with Crippen molar-refractivity contribution in [1.29, 1.82) is 0 Å². The van der Waals surface area contributed by atoms with Gasteiger partial charge in [-0.15, -0.1) is 11.3 Å². The Kier molecular flexibility index (Phi) is 5.55. The average molecular weight is 354 g/mol. The molecule has 0 spiro atoms. The quantitative estimate of drug-likeness (QED) is 0.606. The van der Waals surface area contributed by atoms with Crippen molar-refractivity contribution in [2.75, 3.05) is 6.61 Å². The van der Waals surface area contributed by atoms with Gasteiger partial charge in [0.05, 0.1) is 23.9 Å². The maximum absolute atomic E-state index is 11.1. The maximum atomic E-state index is 11.1. The molecule has 0 aliphatic carbocycles. The molecule has 0 radical (unpaired) electrons. The molecule has 2 aromatic carbocycles. The first kappa shape index (κ1) is 17.3. The lowest BCUT2D eigenvalue weighted by Gasteiger charge is -2.15. The van der Waals surface area contributed by atoms with Crippen molar-refractivity contribution in [3.05, 3.63) is 76.8 Å². The number of nitrogens with one attached hydrogen (secondary N) is 1. The molecule has 0 bridgehead atoms. The number of hydrogen-bond acceptors (Lipinski definition) is 5. The molecule has 3 aromatic rings. The summed E-state index contributed by atoms with van der Waals surface area (Å²) >= 11 is 1.47. The normalized spacial score (nSPS) is 12.0. The number of rotatable bonds is 7.